The van der Waals surface area contributed by atoms with Gasteiger partial charge in [-0.1, -0.05) is 12.1 Å². The van der Waals surface area contributed by atoms with Gasteiger partial charge in [-0.2, -0.15) is 9.97 Å². The van der Waals surface area contributed by atoms with Gasteiger partial charge in [0.2, 0.25) is 0 Å². The molecule has 0 spiro atoms. The molecule has 0 radical (unpaired) electrons. The number of rotatable bonds is 1. The highest BCUT2D eigenvalue weighted by atomic mass is 16.5. The molecule has 26 heavy (non-hydrogen) atoms. The Hall–Kier alpha value is -3.03. The van der Waals surface area contributed by atoms with Gasteiger partial charge in [0.25, 0.3) is 0 Å². The van der Waals surface area contributed by atoms with E-state index in [-0.39, 0.29) is 6.01 Å². The summed E-state index contributed by atoms with van der Waals surface area (Å²) in [6, 6.07) is 6.16. The first-order valence-electron chi connectivity index (χ1n) is 8.59. The van der Waals surface area contributed by atoms with Crippen molar-refractivity contribution in [1.82, 2.24) is 19.5 Å². The highest BCUT2D eigenvalue weighted by Crippen LogP contribution is 2.33. The molecule has 0 saturated heterocycles. The fourth-order valence-electron chi connectivity index (χ4n) is 3.12. The predicted octanol–water partition coefficient (Wildman–Crippen LogP) is 2.33. The van der Waals surface area contributed by atoms with Crippen LogP contribution < -0.4 is 19.9 Å². The summed E-state index contributed by atoms with van der Waals surface area (Å²) in [6.45, 7) is 3.52. The van der Waals surface area contributed by atoms with Crippen molar-refractivity contribution >= 4 is 17.0 Å². The van der Waals surface area contributed by atoms with Gasteiger partial charge in [0, 0.05) is 5.56 Å². The zero-order valence-corrected chi connectivity index (χ0v) is 14.9. The van der Waals surface area contributed by atoms with Crippen molar-refractivity contribution in [1.29, 1.82) is 0 Å². The molecule has 8 heteroatoms. The maximum Gasteiger partial charge on any atom is 0.320 e. The van der Waals surface area contributed by atoms with Gasteiger partial charge in [-0.15, -0.1) is 0 Å². The Morgan fingerprint density at radius 3 is 2.73 bits per heavy atom. The Bertz CT molecular complexity index is 954. The maximum atomic E-state index is 6.08. The van der Waals surface area contributed by atoms with Gasteiger partial charge in [-0.05, 0) is 25.8 Å². The van der Waals surface area contributed by atoms with Gasteiger partial charge >= 0.3 is 6.01 Å². The third-order valence-corrected chi connectivity index (χ3v) is 4.41. The van der Waals surface area contributed by atoms with Crippen LogP contribution in [0.15, 0.2) is 18.2 Å². The number of hydrogen-bond donors (Lipinski definition) is 1. The Labute approximate surface area is 150 Å². The number of methoxy groups -OCH3 is 1. The molecule has 3 heterocycles. The number of aryl methyl sites for hydroxylation is 1. The molecule has 0 amide bonds. The molecule has 1 aliphatic rings. The largest absolute Gasteiger partial charge is 0.493 e. The monoisotopic (exact) mass is 355 g/mol. The van der Waals surface area contributed by atoms with Crippen LogP contribution in [0.3, 0.4) is 0 Å². The molecule has 0 aliphatic carbocycles. The number of imidazole rings is 1. The fourth-order valence-corrected chi connectivity index (χ4v) is 3.12. The Kier molecular flexibility index (Phi) is 4.24. The molecule has 3 aromatic rings. The highest BCUT2D eigenvalue weighted by Gasteiger charge is 2.18. The van der Waals surface area contributed by atoms with E-state index >= 15 is 0 Å². The number of para-hydroxylation sites is 1. The Balaban J connectivity index is 1.89. The van der Waals surface area contributed by atoms with Crippen LogP contribution in [0.5, 0.6) is 17.5 Å². The number of nitrogen functional groups attached to an aromatic ring is 1. The topological polar surface area (TPSA) is 97.3 Å². The summed E-state index contributed by atoms with van der Waals surface area (Å²) in [7, 11) is 1.65. The van der Waals surface area contributed by atoms with E-state index in [1.54, 1.807) is 7.11 Å². The SMILES string of the molecule is COc1c2cccc1OCCCCOc1nc(N)c3nc(C)n(c3n1)C2. The van der Waals surface area contributed by atoms with E-state index in [2.05, 4.69) is 15.0 Å². The standard InChI is InChI=1S/C18H21N5O3/c1-11-20-14-16(19)21-18-22-17(14)23(11)10-12-6-5-7-13(15(12)24-2)25-8-3-4-9-26-18/h5-7H,3-4,8-10H2,1-2H3,(H2,19,21,22). The molecule has 0 atom stereocenters. The second-order valence-electron chi connectivity index (χ2n) is 6.16. The van der Waals surface area contributed by atoms with Crippen molar-refractivity contribution in [2.75, 3.05) is 26.1 Å². The van der Waals surface area contributed by atoms with Crippen LogP contribution in [0.4, 0.5) is 5.82 Å². The number of benzene rings is 1. The average Bonchev–Trinajstić information content (AvgIpc) is 2.94. The molecular formula is C18H21N5O3. The van der Waals surface area contributed by atoms with Crippen LogP contribution in [0.1, 0.15) is 24.2 Å². The number of nitrogens with zero attached hydrogens (tertiary/aromatic N) is 4. The van der Waals surface area contributed by atoms with Crippen LogP contribution in [-0.2, 0) is 6.54 Å². The van der Waals surface area contributed by atoms with Crippen molar-refractivity contribution in [2.45, 2.75) is 26.3 Å². The molecule has 1 aromatic carbocycles. The number of anilines is 1. The van der Waals surface area contributed by atoms with Crippen LogP contribution in [0, 0.1) is 6.92 Å². The lowest BCUT2D eigenvalue weighted by molar-refractivity contribution is 0.249. The lowest BCUT2D eigenvalue weighted by Crippen LogP contribution is -2.10. The number of fused-ring (bicyclic) bond motifs is 3. The summed E-state index contributed by atoms with van der Waals surface area (Å²) >= 11 is 0. The van der Waals surface area contributed by atoms with E-state index in [9.17, 15) is 0 Å². The first-order chi connectivity index (χ1) is 12.7. The molecule has 0 saturated carbocycles. The summed E-state index contributed by atoms with van der Waals surface area (Å²) < 4.78 is 19.2. The molecule has 0 unspecified atom stereocenters. The summed E-state index contributed by atoms with van der Waals surface area (Å²) in [5, 5.41) is 0. The third-order valence-electron chi connectivity index (χ3n) is 4.41. The van der Waals surface area contributed by atoms with Crippen LogP contribution >= 0.6 is 0 Å². The van der Waals surface area contributed by atoms with E-state index in [0.29, 0.717) is 36.7 Å². The maximum absolute atomic E-state index is 6.08. The summed E-state index contributed by atoms with van der Waals surface area (Å²) in [6.07, 6.45) is 1.67. The zero-order chi connectivity index (χ0) is 18.1. The van der Waals surface area contributed by atoms with Crippen LogP contribution in [0.25, 0.3) is 11.2 Å². The minimum Gasteiger partial charge on any atom is -0.493 e. The second kappa shape index (κ2) is 6.70. The summed E-state index contributed by atoms with van der Waals surface area (Å²) in [5.41, 5.74) is 8.28. The van der Waals surface area contributed by atoms with Crippen molar-refractivity contribution < 1.29 is 14.2 Å². The minimum absolute atomic E-state index is 0.273. The van der Waals surface area contributed by atoms with E-state index in [1.807, 2.05) is 29.7 Å². The number of ether oxygens (including phenoxy) is 3. The second-order valence-corrected chi connectivity index (χ2v) is 6.16. The van der Waals surface area contributed by atoms with E-state index in [0.717, 1.165) is 35.7 Å². The normalized spacial score (nSPS) is 14.5. The van der Waals surface area contributed by atoms with Crippen molar-refractivity contribution in [3.05, 3.63) is 29.6 Å². The van der Waals surface area contributed by atoms with Crippen LogP contribution in [-0.4, -0.2) is 39.8 Å². The van der Waals surface area contributed by atoms with E-state index in [1.165, 1.54) is 0 Å². The molecule has 136 valence electrons. The number of hydrogen-bond acceptors (Lipinski definition) is 7. The number of aromatic nitrogens is 4. The van der Waals surface area contributed by atoms with Gasteiger partial charge in [0.05, 0.1) is 26.9 Å². The number of nitrogens with two attached hydrogens (primary N) is 1. The Morgan fingerprint density at radius 2 is 1.92 bits per heavy atom. The lowest BCUT2D eigenvalue weighted by atomic mass is 10.1. The molecule has 4 bridgehead atoms. The van der Waals surface area contributed by atoms with Crippen molar-refractivity contribution in [3.8, 4) is 17.5 Å². The zero-order valence-electron chi connectivity index (χ0n) is 14.9. The third kappa shape index (κ3) is 2.87. The van der Waals surface area contributed by atoms with Gasteiger partial charge in [-0.3, -0.25) is 0 Å². The quantitative estimate of drug-likeness (QED) is 0.715. The van der Waals surface area contributed by atoms with Gasteiger partial charge in [-0.25, -0.2) is 4.98 Å². The van der Waals surface area contributed by atoms with Crippen molar-refractivity contribution in [2.24, 2.45) is 0 Å². The fraction of sp³-hybridized carbons (Fsp3) is 0.389. The average molecular weight is 355 g/mol. The van der Waals surface area contributed by atoms with Gasteiger partial charge < -0.3 is 24.5 Å². The molecule has 2 N–H and O–H groups in total. The smallest absolute Gasteiger partial charge is 0.320 e. The minimum atomic E-state index is 0.273. The van der Waals surface area contributed by atoms with Crippen molar-refractivity contribution in [3.63, 3.8) is 0 Å². The van der Waals surface area contributed by atoms with Gasteiger partial charge in [0.15, 0.2) is 28.5 Å². The first kappa shape index (κ1) is 16.4. The predicted molar refractivity (Wildman–Crippen MR) is 96.8 cm³/mol. The van der Waals surface area contributed by atoms with E-state index < -0.39 is 0 Å². The molecule has 1 aliphatic heterocycles. The molecule has 8 nitrogen and oxygen atoms in total. The Morgan fingerprint density at radius 1 is 1.12 bits per heavy atom. The lowest BCUT2D eigenvalue weighted by Gasteiger charge is -2.16. The molecular weight excluding hydrogens is 334 g/mol. The molecule has 2 aromatic heterocycles. The summed E-state index contributed by atoms with van der Waals surface area (Å²) in [4.78, 5) is 13.3. The molecule has 4 rings (SSSR count). The first-order valence-corrected chi connectivity index (χ1v) is 8.59. The summed E-state index contributed by atoms with van der Waals surface area (Å²) in [5.74, 6) is 2.57. The van der Waals surface area contributed by atoms with Crippen LogP contribution in [0.2, 0.25) is 0 Å². The molecule has 0 fully saturated rings. The van der Waals surface area contributed by atoms with Gasteiger partial charge in [0.1, 0.15) is 5.82 Å². The van der Waals surface area contributed by atoms with E-state index in [4.69, 9.17) is 19.9 Å². The highest BCUT2D eigenvalue weighted by molar-refractivity contribution is 5.82.